The third-order valence-corrected chi connectivity index (χ3v) is 3.66. The van der Waals surface area contributed by atoms with Crippen molar-refractivity contribution in [2.75, 3.05) is 31.3 Å². The van der Waals surface area contributed by atoms with Gasteiger partial charge in [-0.15, -0.1) is 6.58 Å². The van der Waals surface area contributed by atoms with Gasteiger partial charge in [0, 0.05) is 26.7 Å². The standard InChI is InChI=1S/C12H20N4OS/c1-6-7-16(8(2)3)11(17)9-10(13)14-12(18-9)15(4)5/h6,8H,1,7,13H2,2-5H3. The van der Waals surface area contributed by atoms with Gasteiger partial charge in [0.15, 0.2) is 5.13 Å². The van der Waals surface area contributed by atoms with Gasteiger partial charge in [-0.1, -0.05) is 17.4 Å². The maximum Gasteiger partial charge on any atom is 0.268 e. The van der Waals surface area contributed by atoms with Gasteiger partial charge in [0.05, 0.1) is 0 Å². The molecule has 2 N–H and O–H groups in total. The van der Waals surface area contributed by atoms with Crippen LogP contribution in [0.5, 0.6) is 0 Å². The number of aromatic nitrogens is 1. The van der Waals surface area contributed by atoms with Crippen LogP contribution in [-0.4, -0.2) is 42.5 Å². The van der Waals surface area contributed by atoms with E-state index < -0.39 is 0 Å². The van der Waals surface area contributed by atoms with Gasteiger partial charge >= 0.3 is 0 Å². The molecule has 0 aliphatic carbocycles. The molecule has 1 rings (SSSR count). The average Bonchev–Trinajstić information content (AvgIpc) is 2.67. The van der Waals surface area contributed by atoms with E-state index in [1.54, 1.807) is 11.0 Å². The molecule has 0 atom stereocenters. The SMILES string of the molecule is C=CCN(C(=O)c1sc(N(C)C)nc1N)C(C)C. The highest BCUT2D eigenvalue weighted by atomic mass is 32.1. The molecule has 0 fully saturated rings. The topological polar surface area (TPSA) is 62.5 Å². The Bertz CT molecular complexity index is 439. The normalized spacial score (nSPS) is 10.5. The largest absolute Gasteiger partial charge is 0.382 e. The molecular formula is C12H20N4OS. The first-order valence-electron chi connectivity index (χ1n) is 5.74. The summed E-state index contributed by atoms with van der Waals surface area (Å²) >= 11 is 1.31. The summed E-state index contributed by atoms with van der Waals surface area (Å²) in [6.07, 6.45) is 1.71. The number of rotatable bonds is 5. The van der Waals surface area contributed by atoms with Gasteiger partial charge in [-0.25, -0.2) is 4.98 Å². The molecule has 18 heavy (non-hydrogen) atoms. The van der Waals surface area contributed by atoms with Crippen LogP contribution in [-0.2, 0) is 0 Å². The average molecular weight is 268 g/mol. The summed E-state index contributed by atoms with van der Waals surface area (Å²) in [4.78, 5) is 20.6. The van der Waals surface area contributed by atoms with Crippen LogP contribution in [0.25, 0.3) is 0 Å². The van der Waals surface area contributed by atoms with Gasteiger partial charge < -0.3 is 15.5 Å². The Morgan fingerprint density at radius 2 is 2.17 bits per heavy atom. The summed E-state index contributed by atoms with van der Waals surface area (Å²) in [5.74, 6) is 0.205. The lowest BCUT2D eigenvalue weighted by Gasteiger charge is -2.24. The van der Waals surface area contributed by atoms with Gasteiger partial charge in [0.1, 0.15) is 10.7 Å². The molecule has 0 aliphatic heterocycles. The minimum absolute atomic E-state index is 0.0898. The van der Waals surface area contributed by atoms with E-state index in [1.807, 2.05) is 32.8 Å². The zero-order valence-electron chi connectivity index (χ0n) is 11.3. The van der Waals surface area contributed by atoms with Crippen molar-refractivity contribution in [3.05, 3.63) is 17.5 Å². The molecule has 1 aromatic rings. The number of thiazole rings is 1. The van der Waals surface area contributed by atoms with Crippen molar-refractivity contribution in [2.45, 2.75) is 19.9 Å². The molecular weight excluding hydrogens is 248 g/mol. The summed E-state index contributed by atoms with van der Waals surface area (Å²) in [5, 5.41) is 0.734. The van der Waals surface area contributed by atoms with Crippen LogP contribution in [0, 0.1) is 0 Å². The Morgan fingerprint density at radius 3 is 2.56 bits per heavy atom. The summed E-state index contributed by atoms with van der Waals surface area (Å²) in [5.41, 5.74) is 5.81. The number of nitrogens with zero attached hydrogens (tertiary/aromatic N) is 3. The molecule has 0 spiro atoms. The van der Waals surface area contributed by atoms with Gasteiger partial charge in [-0.2, -0.15) is 0 Å². The highest BCUT2D eigenvalue weighted by Crippen LogP contribution is 2.28. The van der Waals surface area contributed by atoms with Crippen molar-refractivity contribution in [3.8, 4) is 0 Å². The fraction of sp³-hybridized carbons (Fsp3) is 0.500. The summed E-state index contributed by atoms with van der Waals surface area (Å²) < 4.78 is 0. The summed E-state index contributed by atoms with van der Waals surface area (Å²) in [6.45, 7) is 8.10. The molecule has 1 aromatic heterocycles. The molecule has 1 amide bonds. The Balaban J connectivity index is 3.04. The molecule has 0 aromatic carbocycles. The van der Waals surface area contributed by atoms with E-state index in [1.165, 1.54) is 11.3 Å². The van der Waals surface area contributed by atoms with Crippen molar-refractivity contribution >= 4 is 28.2 Å². The summed E-state index contributed by atoms with van der Waals surface area (Å²) in [7, 11) is 3.74. The maximum absolute atomic E-state index is 12.4. The van der Waals surface area contributed by atoms with Crippen LogP contribution < -0.4 is 10.6 Å². The van der Waals surface area contributed by atoms with E-state index in [4.69, 9.17) is 5.73 Å². The number of carbonyl (C=O) groups excluding carboxylic acids is 1. The first kappa shape index (κ1) is 14.5. The van der Waals surface area contributed by atoms with Crippen molar-refractivity contribution in [1.29, 1.82) is 0 Å². The predicted octanol–water partition coefficient (Wildman–Crippen LogP) is 1.83. The quantitative estimate of drug-likeness (QED) is 0.828. The maximum atomic E-state index is 12.4. The first-order valence-corrected chi connectivity index (χ1v) is 6.55. The second kappa shape index (κ2) is 5.86. The molecule has 1 heterocycles. The molecule has 100 valence electrons. The van der Waals surface area contributed by atoms with Crippen LogP contribution >= 0.6 is 11.3 Å². The zero-order valence-corrected chi connectivity index (χ0v) is 12.1. The van der Waals surface area contributed by atoms with E-state index in [9.17, 15) is 4.79 Å². The predicted molar refractivity (Wildman–Crippen MR) is 77.2 cm³/mol. The van der Waals surface area contributed by atoms with Crippen LogP contribution in [0.2, 0.25) is 0 Å². The number of hydrogen-bond acceptors (Lipinski definition) is 5. The fourth-order valence-corrected chi connectivity index (χ4v) is 2.33. The smallest absolute Gasteiger partial charge is 0.268 e. The van der Waals surface area contributed by atoms with E-state index in [2.05, 4.69) is 11.6 Å². The van der Waals surface area contributed by atoms with Crippen molar-refractivity contribution in [2.24, 2.45) is 0 Å². The van der Waals surface area contributed by atoms with Crippen molar-refractivity contribution < 1.29 is 4.79 Å². The zero-order chi connectivity index (χ0) is 13.9. The highest BCUT2D eigenvalue weighted by molar-refractivity contribution is 7.18. The first-order chi connectivity index (χ1) is 8.38. The van der Waals surface area contributed by atoms with Crippen LogP contribution in [0.1, 0.15) is 23.5 Å². The van der Waals surface area contributed by atoms with Crippen LogP contribution in [0.3, 0.4) is 0 Å². The van der Waals surface area contributed by atoms with E-state index >= 15 is 0 Å². The second-order valence-electron chi connectivity index (χ2n) is 4.45. The monoisotopic (exact) mass is 268 g/mol. The van der Waals surface area contributed by atoms with Gasteiger partial charge in [-0.05, 0) is 13.8 Å². The van der Waals surface area contributed by atoms with Gasteiger partial charge in [0.25, 0.3) is 5.91 Å². The lowest BCUT2D eigenvalue weighted by molar-refractivity contribution is 0.0734. The number of nitrogen functional groups attached to an aromatic ring is 1. The molecule has 0 radical (unpaired) electrons. The Kier molecular flexibility index (Phi) is 4.72. The minimum Gasteiger partial charge on any atom is -0.382 e. The summed E-state index contributed by atoms with van der Waals surface area (Å²) in [6, 6.07) is 0.0970. The van der Waals surface area contributed by atoms with Gasteiger partial charge in [-0.3, -0.25) is 4.79 Å². The minimum atomic E-state index is -0.0898. The lowest BCUT2D eigenvalue weighted by atomic mass is 10.3. The fourth-order valence-electron chi connectivity index (χ4n) is 1.46. The third kappa shape index (κ3) is 3.01. The van der Waals surface area contributed by atoms with Gasteiger partial charge in [0.2, 0.25) is 0 Å². The number of anilines is 2. The molecule has 5 nitrogen and oxygen atoms in total. The highest BCUT2D eigenvalue weighted by Gasteiger charge is 2.23. The van der Waals surface area contributed by atoms with Crippen molar-refractivity contribution in [3.63, 3.8) is 0 Å². The van der Waals surface area contributed by atoms with Crippen LogP contribution in [0.4, 0.5) is 10.9 Å². The molecule has 0 saturated carbocycles. The molecule has 6 heteroatoms. The van der Waals surface area contributed by atoms with Crippen molar-refractivity contribution in [1.82, 2.24) is 9.88 Å². The Labute approximate surface area is 112 Å². The van der Waals surface area contributed by atoms with Crippen LogP contribution in [0.15, 0.2) is 12.7 Å². The second-order valence-corrected chi connectivity index (χ2v) is 5.42. The molecule has 0 aliphatic rings. The lowest BCUT2D eigenvalue weighted by Crippen LogP contribution is -2.36. The molecule has 0 bridgehead atoms. The number of amides is 1. The molecule has 0 saturated heterocycles. The number of hydrogen-bond donors (Lipinski definition) is 1. The third-order valence-electron chi connectivity index (χ3n) is 2.43. The van der Waals surface area contributed by atoms with E-state index in [-0.39, 0.29) is 11.9 Å². The number of nitrogens with two attached hydrogens (primary N) is 1. The molecule has 0 unspecified atom stereocenters. The van der Waals surface area contributed by atoms with E-state index in [0.29, 0.717) is 17.2 Å². The Morgan fingerprint density at radius 1 is 1.56 bits per heavy atom. The number of carbonyl (C=O) groups is 1. The Hall–Kier alpha value is -1.56. The van der Waals surface area contributed by atoms with E-state index in [0.717, 1.165) is 5.13 Å².